The second kappa shape index (κ2) is 9.68. The first-order valence-corrected chi connectivity index (χ1v) is 10.1. The van der Waals surface area contributed by atoms with Crippen LogP contribution in [0.25, 0.3) is 0 Å². The van der Waals surface area contributed by atoms with Crippen molar-refractivity contribution >= 4 is 23.7 Å². The molecule has 1 aromatic carbocycles. The molecule has 28 heavy (non-hydrogen) atoms. The summed E-state index contributed by atoms with van der Waals surface area (Å²) in [6, 6.07) is 5.26. The quantitative estimate of drug-likeness (QED) is 0.509. The highest BCUT2D eigenvalue weighted by Crippen LogP contribution is 2.21. The summed E-state index contributed by atoms with van der Waals surface area (Å²) in [7, 11) is 3.01. The Bertz CT molecular complexity index is 904. The van der Waals surface area contributed by atoms with E-state index in [2.05, 4.69) is 48.0 Å². The fourth-order valence-corrected chi connectivity index (χ4v) is 3.61. The third-order valence-electron chi connectivity index (χ3n) is 4.16. The Morgan fingerprint density at radius 1 is 1.29 bits per heavy atom. The van der Waals surface area contributed by atoms with Crippen molar-refractivity contribution < 1.29 is 14.4 Å². The second-order valence-corrected chi connectivity index (χ2v) is 8.41. The van der Waals surface area contributed by atoms with Crippen LogP contribution < -0.4 is 9.41 Å². The number of amides is 1. The van der Waals surface area contributed by atoms with E-state index in [-0.39, 0.29) is 11.4 Å². The molecule has 0 saturated heterocycles. The number of hydrogen-bond donors (Lipinski definition) is 0. The van der Waals surface area contributed by atoms with Gasteiger partial charge in [-0.15, -0.1) is 0 Å². The summed E-state index contributed by atoms with van der Waals surface area (Å²) in [6.07, 6.45) is 6.71. The minimum Gasteiger partial charge on any atom is -0.496 e. The van der Waals surface area contributed by atoms with Crippen LogP contribution in [0.5, 0.6) is 5.75 Å². The molecule has 0 aliphatic carbocycles. The number of nitrogens with zero attached hydrogens (tertiary/aromatic N) is 3. The monoisotopic (exact) mass is 403 g/mol. The molecule has 0 spiro atoms. The van der Waals surface area contributed by atoms with E-state index >= 15 is 0 Å². The summed E-state index contributed by atoms with van der Waals surface area (Å²) >= 11 is 1.51. The van der Waals surface area contributed by atoms with Crippen LogP contribution in [0.1, 0.15) is 62.0 Å². The van der Waals surface area contributed by atoms with Crippen LogP contribution in [0, 0.1) is 0 Å². The minimum absolute atomic E-state index is 0.0589. The van der Waals surface area contributed by atoms with Gasteiger partial charge in [-0.3, -0.25) is 8.75 Å². The van der Waals surface area contributed by atoms with Crippen LogP contribution in [-0.2, 0) is 16.8 Å². The average molecular weight is 404 g/mol. The summed E-state index contributed by atoms with van der Waals surface area (Å²) in [4.78, 5) is 22.1. The smallest absolute Gasteiger partial charge is 0.282 e. The van der Waals surface area contributed by atoms with Crippen LogP contribution in [-0.4, -0.2) is 30.3 Å². The van der Waals surface area contributed by atoms with E-state index in [1.54, 1.807) is 25.5 Å². The van der Waals surface area contributed by atoms with Gasteiger partial charge in [0, 0.05) is 17.3 Å². The van der Waals surface area contributed by atoms with Crippen molar-refractivity contribution in [2.24, 2.45) is 10.1 Å². The van der Waals surface area contributed by atoms with Crippen LogP contribution in [0.3, 0.4) is 0 Å². The van der Waals surface area contributed by atoms with Crippen molar-refractivity contribution in [3.8, 4) is 5.75 Å². The van der Waals surface area contributed by atoms with Gasteiger partial charge in [0.1, 0.15) is 17.5 Å². The van der Waals surface area contributed by atoms with Crippen molar-refractivity contribution in [1.82, 2.24) is 3.96 Å². The Labute approximate surface area is 170 Å². The maximum Gasteiger partial charge on any atom is 0.282 e. The van der Waals surface area contributed by atoms with Gasteiger partial charge in [-0.1, -0.05) is 18.5 Å². The van der Waals surface area contributed by atoms with E-state index in [4.69, 9.17) is 9.57 Å². The van der Waals surface area contributed by atoms with Crippen LogP contribution >= 0.6 is 11.5 Å². The molecule has 0 bridgehead atoms. The van der Waals surface area contributed by atoms with E-state index < -0.39 is 0 Å². The summed E-state index contributed by atoms with van der Waals surface area (Å²) in [5.74, 6) is 0.156. The molecule has 0 aliphatic heterocycles. The highest BCUT2D eigenvalue weighted by Gasteiger charge is 2.17. The lowest BCUT2D eigenvalue weighted by atomic mass is 10.1. The number of methoxy groups -OCH3 is 1. The lowest BCUT2D eigenvalue weighted by Crippen LogP contribution is -2.18. The summed E-state index contributed by atoms with van der Waals surface area (Å²) in [6.45, 7) is 8.57. The number of rotatable bonds is 7. The van der Waals surface area contributed by atoms with Gasteiger partial charge in [0.25, 0.3) is 5.91 Å². The third kappa shape index (κ3) is 5.55. The Morgan fingerprint density at radius 3 is 2.64 bits per heavy atom. The molecule has 0 radical (unpaired) electrons. The number of carbonyl (C=O) groups excluding carboxylic acids is 1. The first-order chi connectivity index (χ1) is 13.3. The molecule has 152 valence electrons. The Hall–Kier alpha value is -2.41. The molecule has 1 amide bonds. The molecule has 0 saturated carbocycles. The first kappa shape index (κ1) is 21.9. The standard InChI is InChI=1S/C21H29N3O3S/c1-7-8-9-16-14-24(21(2,3)4)28-20(16)23-19(25)17-12-15(13-22-27-6)10-11-18(17)26-5/h10-14H,7-9H2,1-6H3. The largest absolute Gasteiger partial charge is 0.496 e. The van der Waals surface area contributed by atoms with Crippen LogP contribution in [0.4, 0.5) is 0 Å². The van der Waals surface area contributed by atoms with Gasteiger partial charge < -0.3 is 9.57 Å². The van der Waals surface area contributed by atoms with Crippen molar-refractivity contribution in [2.75, 3.05) is 14.2 Å². The molecule has 2 rings (SSSR count). The third-order valence-corrected chi connectivity index (χ3v) is 5.53. The van der Waals surface area contributed by atoms with E-state index in [0.717, 1.165) is 35.1 Å². The first-order valence-electron chi connectivity index (χ1n) is 9.36. The van der Waals surface area contributed by atoms with E-state index in [9.17, 15) is 4.79 Å². The maximum absolute atomic E-state index is 13.0. The highest BCUT2D eigenvalue weighted by molar-refractivity contribution is 7.04. The number of benzene rings is 1. The van der Waals surface area contributed by atoms with Gasteiger partial charge in [0.05, 0.1) is 18.9 Å². The zero-order chi connectivity index (χ0) is 20.7. The number of unbranched alkanes of at least 4 members (excludes halogenated alkanes) is 1. The van der Waals surface area contributed by atoms with Crippen molar-refractivity contribution in [2.45, 2.75) is 52.5 Å². The molecule has 0 unspecified atom stereocenters. The van der Waals surface area contributed by atoms with Crippen molar-refractivity contribution in [3.05, 3.63) is 45.8 Å². The molecule has 0 fully saturated rings. The van der Waals surface area contributed by atoms with Gasteiger partial charge >= 0.3 is 0 Å². The Kier molecular flexibility index (Phi) is 7.57. The number of aryl methyl sites for hydroxylation is 1. The van der Waals surface area contributed by atoms with E-state index in [0.29, 0.717) is 11.3 Å². The molecule has 0 aliphatic rings. The zero-order valence-corrected chi connectivity index (χ0v) is 18.3. The summed E-state index contributed by atoms with van der Waals surface area (Å²) in [5, 5.41) is 3.75. The highest BCUT2D eigenvalue weighted by atomic mass is 32.1. The predicted molar refractivity (Wildman–Crippen MR) is 113 cm³/mol. The van der Waals surface area contributed by atoms with Gasteiger partial charge in [0.15, 0.2) is 0 Å². The minimum atomic E-state index is -0.329. The summed E-state index contributed by atoms with van der Waals surface area (Å²) in [5.41, 5.74) is 2.19. The van der Waals surface area contributed by atoms with Crippen molar-refractivity contribution in [1.29, 1.82) is 0 Å². The molecule has 0 atom stereocenters. The molecule has 0 N–H and O–H groups in total. The molecule has 7 heteroatoms. The number of oxime groups is 1. The van der Waals surface area contributed by atoms with Crippen LogP contribution in [0.2, 0.25) is 0 Å². The maximum atomic E-state index is 13.0. The van der Waals surface area contributed by atoms with Gasteiger partial charge in [-0.05, 0) is 68.9 Å². The number of carbonyl (C=O) groups is 1. The molecular weight excluding hydrogens is 374 g/mol. The zero-order valence-electron chi connectivity index (χ0n) is 17.5. The fraction of sp³-hybridized carbons (Fsp3) is 0.476. The van der Waals surface area contributed by atoms with Gasteiger partial charge in [-0.2, -0.15) is 4.99 Å². The van der Waals surface area contributed by atoms with E-state index in [1.807, 2.05) is 6.07 Å². The normalized spacial score (nSPS) is 12.6. The number of aromatic nitrogens is 1. The van der Waals surface area contributed by atoms with Gasteiger partial charge in [-0.25, -0.2) is 0 Å². The Balaban J connectivity index is 2.50. The Morgan fingerprint density at radius 2 is 2.04 bits per heavy atom. The second-order valence-electron chi connectivity index (χ2n) is 7.44. The lowest BCUT2D eigenvalue weighted by molar-refractivity contribution is 0.0996. The predicted octanol–water partition coefficient (Wildman–Crippen LogP) is 4.38. The number of hydrogen-bond acceptors (Lipinski definition) is 5. The topological polar surface area (TPSA) is 65.2 Å². The summed E-state index contributed by atoms with van der Waals surface area (Å²) < 4.78 is 8.27. The van der Waals surface area contributed by atoms with E-state index in [1.165, 1.54) is 18.6 Å². The fourth-order valence-electron chi connectivity index (χ4n) is 2.58. The molecular formula is C21H29N3O3S. The van der Waals surface area contributed by atoms with Crippen molar-refractivity contribution in [3.63, 3.8) is 0 Å². The average Bonchev–Trinajstić information content (AvgIpc) is 3.07. The van der Waals surface area contributed by atoms with Gasteiger partial charge in [0.2, 0.25) is 0 Å². The molecule has 1 aromatic heterocycles. The molecule has 1 heterocycles. The SMILES string of the molecule is CCCCc1cn(C(C)(C)C)sc1=NC(=O)c1cc(C=NOC)ccc1OC. The lowest BCUT2D eigenvalue weighted by Gasteiger charge is -2.19. The molecule has 2 aromatic rings. The number of ether oxygens (including phenoxy) is 1. The van der Waals surface area contributed by atoms with Crippen LogP contribution in [0.15, 0.2) is 34.5 Å². The molecule has 6 nitrogen and oxygen atoms in total.